The molecule has 4 heteroatoms. The Balaban J connectivity index is 2.18. The molecule has 1 fully saturated rings. The Morgan fingerprint density at radius 2 is 2.67 bits per heavy atom. The van der Waals surface area contributed by atoms with Crippen LogP contribution >= 0.6 is 12.2 Å². The first-order chi connectivity index (χ1) is 2.89. The molecule has 0 unspecified atom stereocenters. The number of rotatable bonds is 0. The smallest absolute Gasteiger partial charge is 0.292 e. The number of hydrogen-bond donors (Lipinski definition) is 1. The van der Waals surface area contributed by atoms with Crippen LogP contribution < -0.4 is 9.98 Å². The molecule has 3 nitrogen and oxygen atoms in total. The molecule has 0 bridgehead atoms. The Morgan fingerprint density at radius 3 is 2.83 bits per heavy atom. The van der Waals surface area contributed by atoms with Crippen molar-refractivity contribution in [1.29, 1.82) is 0 Å². The van der Waals surface area contributed by atoms with Gasteiger partial charge in [-0.3, -0.25) is 0 Å². The van der Waals surface area contributed by atoms with Crippen molar-refractivity contribution >= 4 is 12.2 Å². The highest BCUT2D eigenvalue weighted by molar-refractivity contribution is 7.93. The van der Waals surface area contributed by atoms with E-state index in [1.807, 2.05) is 0 Å². The van der Waals surface area contributed by atoms with Gasteiger partial charge in [-0.05, 0) is 0 Å². The zero-order valence-corrected chi connectivity index (χ0v) is 3.96. The molecule has 0 aromatic rings. The largest absolute Gasteiger partial charge is 0.517 e. The first-order valence-corrected chi connectivity index (χ1v) is 2.42. The molecule has 1 heterocycles. The normalized spacial score (nSPS) is 25.5. The zero-order chi connectivity index (χ0) is 4.41. The van der Waals surface area contributed by atoms with Crippen molar-refractivity contribution in [2.75, 3.05) is 13.2 Å². The second-order valence-electron chi connectivity index (χ2n) is 0.986. The summed E-state index contributed by atoms with van der Waals surface area (Å²) in [7, 11) is 0. The minimum atomic E-state index is 0.532. The van der Waals surface area contributed by atoms with Crippen molar-refractivity contribution in [3.05, 3.63) is 0 Å². The van der Waals surface area contributed by atoms with Gasteiger partial charge in [0.15, 0.2) is 6.61 Å². The zero-order valence-electron chi connectivity index (χ0n) is 3.14. The average molecular weight is 107 g/mol. The molecule has 0 amide bonds. The maximum absolute atomic E-state index is 9.98. The maximum Gasteiger partial charge on any atom is 0.292 e. The average Bonchev–Trinajstić information content (AvgIpc) is 1.86. The van der Waals surface area contributed by atoms with Gasteiger partial charge < -0.3 is 9.22 Å². The van der Waals surface area contributed by atoms with Gasteiger partial charge in [-0.15, -0.1) is 0 Å². The van der Waals surface area contributed by atoms with E-state index in [4.69, 9.17) is 0 Å². The molecule has 36 valence electrons. The Morgan fingerprint density at radius 1 is 1.83 bits per heavy atom. The van der Waals surface area contributed by atoms with E-state index in [1.165, 1.54) is 0 Å². The van der Waals surface area contributed by atoms with Crippen LogP contribution in [0.1, 0.15) is 0 Å². The van der Waals surface area contributed by atoms with Crippen molar-refractivity contribution < 1.29 is 9.22 Å². The van der Waals surface area contributed by atoms with Crippen LogP contribution in [0.4, 0.5) is 0 Å². The molecule has 1 aliphatic rings. The fourth-order valence-corrected chi connectivity index (χ4v) is 0.739. The van der Waals surface area contributed by atoms with E-state index >= 15 is 0 Å². The monoisotopic (exact) mass is 107 g/mol. The van der Waals surface area contributed by atoms with Crippen LogP contribution in [0.15, 0.2) is 0 Å². The third kappa shape index (κ3) is 0.844. The van der Waals surface area contributed by atoms with Crippen molar-refractivity contribution in [2.24, 2.45) is 0 Å². The van der Waals surface area contributed by atoms with Gasteiger partial charge in [0.1, 0.15) is 0 Å². The van der Waals surface area contributed by atoms with E-state index < -0.39 is 0 Å². The minimum Gasteiger partial charge on any atom is -0.517 e. The standard InChI is InChI=1S/C2H5NO2S/c4-5-2-1-3-6-5/h3H,1-2H2. The van der Waals surface area contributed by atoms with E-state index in [0.717, 1.165) is 18.8 Å². The molecule has 0 aromatic carbocycles. The van der Waals surface area contributed by atoms with Crippen molar-refractivity contribution in [2.45, 2.75) is 0 Å². The summed E-state index contributed by atoms with van der Waals surface area (Å²) in [5, 5.41) is 9.98. The summed E-state index contributed by atoms with van der Waals surface area (Å²) in [5.74, 6) is 0. The lowest BCUT2D eigenvalue weighted by atomic mass is 10.8. The second kappa shape index (κ2) is 1.79. The van der Waals surface area contributed by atoms with Crippen LogP contribution in [0, 0.1) is 0 Å². The summed E-state index contributed by atoms with van der Waals surface area (Å²) in [6.45, 7) is 1.31. The van der Waals surface area contributed by atoms with Gasteiger partial charge in [0.2, 0.25) is 0 Å². The van der Waals surface area contributed by atoms with Crippen LogP contribution in [-0.2, 0) is 3.96 Å². The summed E-state index contributed by atoms with van der Waals surface area (Å²) in [4.78, 5) is 0. The molecular formula is C2H5NO2S. The number of hydrogen-bond acceptors (Lipinski definition) is 3. The first-order valence-electron chi connectivity index (χ1n) is 1.68. The van der Waals surface area contributed by atoms with E-state index in [-0.39, 0.29) is 0 Å². The summed E-state index contributed by atoms with van der Waals surface area (Å²) in [5.41, 5.74) is 0. The SMILES string of the molecule is [O-][O+]1CCNS1. The quantitative estimate of drug-likeness (QED) is 0.186. The van der Waals surface area contributed by atoms with Crippen LogP contribution in [0.2, 0.25) is 0 Å². The molecule has 0 saturated carbocycles. The topological polar surface area (TPSA) is 37.8 Å². The molecule has 1 N–H and O–H groups in total. The Hall–Kier alpha value is 0.230. The number of nitrogens with one attached hydrogen (secondary N) is 1. The van der Waals surface area contributed by atoms with Crippen LogP contribution in [0.5, 0.6) is 0 Å². The van der Waals surface area contributed by atoms with Crippen LogP contribution in [0.3, 0.4) is 0 Å². The van der Waals surface area contributed by atoms with Gasteiger partial charge in [-0.25, -0.2) is 0 Å². The van der Waals surface area contributed by atoms with Crippen LogP contribution in [0.25, 0.3) is 0 Å². The van der Waals surface area contributed by atoms with E-state index in [1.54, 1.807) is 3.96 Å². The Bertz CT molecular complexity index is 44.8. The molecule has 0 aliphatic carbocycles. The molecule has 0 radical (unpaired) electrons. The molecule has 1 saturated heterocycles. The third-order valence-corrected chi connectivity index (χ3v) is 1.20. The lowest BCUT2D eigenvalue weighted by molar-refractivity contribution is -0.726. The molecule has 6 heavy (non-hydrogen) atoms. The van der Waals surface area contributed by atoms with E-state index in [0.29, 0.717) is 6.61 Å². The van der Waals surface area contributed by atoms with Gasteiger partial charge in [0, 0.05) is 0 Å². The lowest BCUT2D eigenvalue weighted by Crippen LogP contribution is -2.15. The molecular weight excluding hydrogens is 102 g/mol. The van der Waals surface area contributed by atoms with E-state index in [9.17, 15) is 5.26 Å². The third-order valence-electron chi connectivity index (χ3n) is 0.523. The van der Waals surface area contributed by atoms with Crippen molar-refractivity contribution in [3.8, 4) is 0 Å². The van der Waals surface area contributed by atoms with Gasteiger partial charge in [0.05, 0.1) is 6.54 Å². The highest BCUT2D eigenvalue weighted by Gasteiger charge is 2.09. The summed E-state index contributed by atoms with van der Waals surface area (Å²) < 4.78 is 4.34. The molecule has 1 rings (SSSR count). The summed E-state index contributed by atoms with van der Waals surface area (Å²) >= 11 is 1.04. The predicted octanol–water partition coefficient (Wildman–Crippen LogP) is -1.02. The Labute approximate surface area is 40.3 Å². The van der Waals surface area contributed by atoms with E-state index in [2.05, 4.69) is 4.72 Å². The van der Waals surface area contributed by atoms with Gasteiger partial charge in [-0.2, -0.15) is 4.72 Å². The maximum atomic E-state index is 9.98. The van der Waals surface area contributed by atoms with Crippen LogP contribution in [-0.4, -0.2) is 13.2 Å². The summed E-state index contributed by atoms with van der Waals surface area (Å²) in [6.07, 6.45) is 0. The second-order valence-corrected chi connectivity index (χ2v) is 1.81. The fraction of sp³-hybridized carbons (Fsp3) is 1.00. The fourth-order valence-electron chi connectivity index (χ4n) is 0.274. The molecule has 0 atom stereocenters. The molecule has 1 aliphatic heterocycles. The molecule has 0 spiro atoms. The van der Waals surface area contributed by atoms with Gasteiger partial charge in [-0.1, -0.05) is 0 Å². The minimum absolute atomic E-state index is 0.532. The van der Waals surface area contributed by atoms with Gasteiger partial charge >= 0.3 is 0 Å². The van der Waals surface area contributed by atoms with Crippen molar-refractivity contribution in [3.63, 3.8) is 0 Å². The first kappa shape index (κ1) is 4.39. The predicted molar refractivity (Wildman–Crippen MR) is 21.5 cm³/mol. The molecule has 0 aromatic heterocycles. The van der Waals surface area contributed by atoms with Gasteiger partial charge in [0.25, 0.3) is 12.2 Å². The summed E-state index contributed by atoms with van der Waals surface area (Å²) in [6, 6.07) is 0. The highest BCUT2D eigenvalue weighted by Crippen LogP contribution is 2.07. The Kier molecular flexibility index (Phi) is 1.31. The van der Waals surface area contributed by atoms with Crippen molar-refractivity contribution in [1.82, 2.24) is 4.72 Å². The lowest BCUT2D eigenvalue weighted by Gasteiger charge is -2.03. The highest BCUT2D eigenvalue weighted by atomic mass is 32.2.